The second-order valence-electron chi connectivity index (χ2n) is 12.8. The smallest absolute Gasteiger partial charge is 0.407 e. The van der Waals surface area contributed by atoms with E-state index >= 15 is 0 Å². The molecule has 1 saturated carbocycles. The number of rotatable bonds is 8. The standard InChI is InChI=1S/C34H41N9O4/c1-47-34(46)39-19-30(45)43-24-11-9-22(14-24)31(43)33-38-18-27(41-33)23-10-12-25(36-16-23)20-5-7-21(8-6-20)26-17-37-32(40-26)28-4-2-3-13-42(28)29(44)15-35/h5,7,10,12,16-18,22,24,28,31H,2-4,6,8-9,11,13-15,19,35H2,1H3,(H,37,40)(H,38,41)(H,39,46). The summed E-state index contributed by atoms with van der Waals surface area (Å²) >= 11 is 0. The summed E-state index contributed by atoms with van der Waals surface area (Å²) in [4.78, 5) is 61.8. The number of nitrogens with two attached hydrogens (primary N) is 1. The van der Waals surface area contributed by atoms with Gasteiger partial charge in [-0.15, -0.1) is 0 Å². The van der Waals surface area contributed by atoms with Crippen molar-refractivity contribution < 1.29 is 19.1 Å². The van der Waals surface area contributed by atoms with Crippen molar-refractivity contribution in [2.45, 2.75) is 69.5 Å². The Morgan fingerprint density at radius 3 is 2.49 bits per heavy atom. The number of likely N-dealkylation sites (tertiary alicyclic amines) is 2. The number of piperidine rings is 2. The van der Waals surface area contributed by atoms with Crippen LogP contribution in [0.5, 0.6) is 0 Å². The first-order valence-corrected chi connectivity index (χ1v) is 16.5. The van der Waals surface area contributed by atoms with Gasteiger partial charge in [-0.2, -0.15) is 0 Å². The molecule has 13 heteroatoms. The second kappa shape index (κ2) is 13.1. The average Bonchev–Trinajstić information content (AvgIpc) is 3.95. The van der Waals surface area contributed by atoms with E-state index < -0.39 is 6.09 Å². The molecule has 7 rings (SSSR count). The Balaban J connectivity index is 1.02. The highest BCUT2D eigenvalue weighted by molar-refractivity contribution is 5.83. The SMILES string of the molecule is COC(=O)NCC(=O)N1C2CCC(C2)C1c1ncc(-c2ccc(C3=CC=C(c4cnc(C5CCCCN5C(=O)CN)[nH]4)CC3)nc2)[nH]1. The molecule has 4 aliphatic rings. The van der Waals surface area contributed by atoms with Crippen molar-refractivity contribution in [1.82, 2.24) is 40.0 Å². The van der Waals surface area contributed by atoms with Crippen molar-refractivity contribution in [3.05, 3.63) is 65.9 Å². The number of fused-ring (bicyclic) bond motifs is 2. The van der Waals surface area contributed by atoms with Gasteiger partial charge in [0, 0.05) is 24.3 Å². The summed E-state index contributed by atoms with van der Waals surface area (Å²) in [7, 11) is 1.28. The van der Waals surface area contributed by atoms with E-state index in [2.05, 4.69) is 37.2 Å². The van der Waals surface area contributed by atoms with E-state index in [9.17, 15) is 14.4 Å². The van der Waals surface area contributed by atoms with Crippen LogP contribution in [0, 0.1) is 5.92 Å². The topological polar surface area (TPSA) is 175 Å². The Hall–Kier alpha value is -4.78. The fourth-order valence-corrected chi connectivity index (χ4v) is 7.76. The van der Waals surface area contributed by atoms with Crippen LogP contribution in [-0.4, -0.2) is 85.4 Å². The van der Waals surface area contributed by atoms with Crippen LogP contribution in [0.1, 0.15) is 86.5 Å². The Kier molecular flexibility index (Phi) is 8.63. The number of imidazole rings is 2. The number of nitrogens with one attached hydrogen (secondary N) is 3. The summed E-state index contributed by atoms with van der Waals surface area (Å²) in [6, 6.07) is 4.05. The summed E-state index contributed by atoms with van der Waals surface area (Å²) < 4.78 is 4.62. The third kappa shape index (κ3) is 6.07. The summed E-state index contributed by atoms with van der Waals surface area (Å²) in [5, 5.41) is 2.52. The van der Waals surface area contributed by atoms with Gasteiger partial charge in [0.05, 0.1) is 55.2 Å². The van der Waals surface area contributed by atoms with E-state index in [1.165, 1.54) is 12.7 Å². The maximum absolute atomic E-state index is 13.1. The van der Waals surface area contributed by atoms with Gasteiger partial charge < -0.3 is 35.6 Å². The molecule has 2 aliphatic heterocycles. The number of ether oxygens (including phenoxy) is 1. The molecule has 246 valence electrons. The molecule has 4 atom stereocenters. The summed E-state index contributed by atoms with van der Waals surface area (Å²) in [5.41, 5.74) is 11.7. The lowest BCUT2D eigenvalue weighted by Gasteiger charge is -2.34. The first-order chi connectivity index (χ1) is 22.9. The minimum atomic E-state index is -0.618. The second-order valence-corrected chi connectivity index (χ2v) is 12.8. The molecule has 2 bridgehead atoms. The quantitative estimate of drug-likeness (QED) is 0.287. The van der Waals surface area contributed by atoms with Crippen LogP contribution in [0.4, 0.5) is 4.79 Å². The molecule has 5 heterocycles. The zero-order valence-electron chi connectivity index (χ0n) is 26.6. The molecule has 0 aromatic carbocycles. The number of nitrogens with zero attached hydrogens (tertiary/aromatic N) is 5. The predicted molar refractivity (Wildman–Crippen MR) is 174 cm³/mol. The number of hydrogen-bond donors (Lipinski definition) is 4. The molecule has 3 fully saturated rings. The zero-order chi connectivity index (χ0) is 32.5. The minimum Gasteiger partial charge on any atom is -0.453 e. The third-order valence-corrected chi connectivity index (χ3v) is 10.1. The van der Waals surface area contributed by atoms with Crippen molar-refractivity contribution in [3.8, 4) is 11.3 Å². The number of carbonyl (C=O) groups excluding carboxylic acids is 3. The van der Waals surface area contributed by atoms with Gasteiger partial charge >= 0.3 is 6.09 Å². The number of aromatic nitrogens is 5. The molecular weight excluding hydrogens is 598 g/mol. The molecular formula is C34H41N9O4. The summed E-state index contributed by atoms with van der Waals surface area (Å²) in [6.07, 6.45) is 16.8. The van der Waals surface area contributed by atoms with Crippen LogP contribution in [0.2, 0.25) is 0 Å². The number of H-pyrrole nitrogens is 2. The molecule has 2 aliphatic carbocycles. The lowest BCUT2D eigenvalue weighted by molar-refractivity contribution is -0.135. The van der Waals surface area contributed by atoms with Gasteiger partial charge in [-0.1, -0.05) is 12.2 Å². The van der Waals surface area contributed by atoms with Gasteiger partial charge in [0.15, 0.2) is 0 Å². The van der Waals surface area contributed by atoms with Crippen LogP contribution >= 0.6 is 0 Å². The fourth-order valence-electron chi connectivity index (χ4n) is 7.76. The maximum Gasteiger partial charge on any atom is 0.407 e. The van der Waals surface area contributed by atoms with Gasteiger partial charge in [0.1, 0.15) is 18.2 Å². The lowest BCUT2D eigenvalue weighted by atomic mass is 9.94. The fraction of sp³-hybridized carbons (Fsp3) is 0.471. The largest absolute Gasteiger partial charge is 0.453 e. The molecule has 0 radical (unpaired) electrons. The highest BCUT2D eigenvalue weighted by atomic mass is 16.5. The molecule has 13 nitrogen and oxygen atoms in total. The summed E-state index contributed by atoms with van der Waals surface area (Å²) in [5.74, 6) is 1.77. The molecule has 2 saturated heterocycles. The van der Waals surface area contributed by atoms with E-state index in [-0.39, 0.29) is 43.0 Å². The maximum atomic E-state index is 13.1. The molecule has 47 heavy (non-hydrogen) atoms. The Morgan fingerprint density at radius 1 is 0.936 bits per heavy atom. The van der Waals surface area contributed by atoms with Gasteiger partial charge in [-0.05, 0) is 80.6 Å². The number of methoxy groups -OCH3 is 1. The van der Waals surface area contributed by atoms with Crippen molar-refractivity contribution in [3.63, 3.8) is 0 Å². The Labute approximate surface area is 273 Å². The lowest BCUT2D eigenvalue weighted by Crippen LogP contribution is -2.45. The Bertz CT molecular complexity index is 1710. The highest BCUT2D eigenvalue weighted by Gasteiger charge is 2.49. The molecule has 3 aromatic heterocycles. The molecule has 3 aromatic rings. The zero-order valence-corrected chi connectivity index (χ0v) is 26.6. The van der Waals surface area contributed by atoms with Crippen molar-refractivity contribution in [2.24, 2.45) is 11.7 Å². The van der Waals surface area contributed by atoms with Crippen LogP contribution in [-0.2, 0) is 14.3 Å². The van der Waals surface area contributed by atoms with Crippen molar-refractivity contribution >= 4 is 29.1 Å². The third-order valence-electron chi connectivity index (χ3n) is 10.1. The van der Waals surface area contributed by atoms with Gasteiger partial charge in [-0.3, -0.25) is 14.6 Å². The van der Waals surface area contributed by atoms with Crippen LogP contribution < -0.4 is 11.1 Å². The van der Waals surface area contributed by atoms with Gasteiger partial charge in [0.25, 0.3) is 0 Å². The molecule has 5 N–H and O–H groups in total. The molecule has 0 spiro atoms. The van der Waals surface area contributed by atoms with Crippen LogP contribution in [0.15, 0.2) is 42.9 Å². The monoisotopic (exact) mass is 639 g/mol. The molecule has 4 unspecified atom stereocenters. The molecule has 3 amide bonds. The number of alkyl carbamates (subject to hydrolysis) is 1. The van der Waals surface area contributed by atoms with Crippen LogP contribution in [0.3, 0.4) is 0 Å². The number of allylic oxidation sites excluding steroid dienone is 4. The van der Waals surface area contributed by atoms with Gasteiger partial charge in [-0.25, -0.2) is 14.8 Å². The number of aromatic amines is 2. The number of carbonyl (C=O) groups is 3. The highest BCUT2D eigenvalue weighted by Crippen LogP contribution is 2.49. The number of hydrogen-bond acceptors (Lipinski definition) is 8. The normalized spacial score (nSPS) is 23.8. The first-order valence-electron chi connectivity index (χ1n) is 16.5. The Morgan fingerprint density at radius 2 is 1.72 bits per heavy atom. The van der Waals surface area contributed by atoms with E-state index in [0.29, 0.717) is 5.92 Å². The van der Waals surface area contributed by atoms with E-state index in [1.54, 1.807) is 6.20 Å². The van der Waals surface area contributed by atoms with E-state index in [4.69, 9.17) is 15.7 Å². The van der Waals surface area contributed by atoms with Crippen LogP contribution in [0.25, 0.3) is 22.4 Å². The van der Waals surface area contributed by atoms with Crippen molar-refractivity contribution in [1.29, 1.82) is 0 Å². The minimum absolute atomic E-state index is 0.0157. The van der Waals surface area contributed by atoms with E-state index in [1.807, 2.05) is 34.3 Å². The summed E-state index contributed by atoms with van der Waals surface area (Å²) in [6.45, 7) is 0.636. The predicted octanol–water partition coefficient (Wildman–Crippen LogP) is 3.88. The van der Waals surface area contributed by atoms with E-state index in [0.717, 1.165) is 97.8 Å². The number of amides is 3. The number of pyridine rings is 1. The van der Waals surface area contributed by atoms with Crippen molar-refractivity contribution in [2.75, 3.05) is 26.7 Å². The first kappa shape index (κ1) is 30.9. The average molecular weight is 640 g/mol. The van der Waals surface area contributed by atoms with Gasteiger partial charge in [0.2, 0.25) is 11.8 Å².